The second-order valence-corrected chi connectivity index (χ2v) is 7.69. The molecule has 0 aromatic heterocycles. The molecule has 26 heavy (non-hydrogen) atoms. The molecule has 0 bridgehead atoms. The Morgan fingerprint density at radius 2 is 1.81 bits per heavy atom. The van der Waals surface area contributed by atoms with Gasteiger partial charge in [0.2, 0.25) is 0 Å². The SMILES string of the molecule is Cc1ccc(C)c(N2CCN(C(=S)NCCCN3CCOCC3)CC2)c1. The van der Waals surface area contributed by atoms with Gasteiger partial charge in [0.05, 0.1) is 13.2 Å². The Hall–Kier alpha value is -1.37. The molecule has 2 heterocycles. The molecular weight excluding hydrogens is 344 g/mol. The van der Waals surface area contributed by atoms with Crippen molar-refractivity contribution < 1.29 is 4.74 Å². The monoisotopic (exact) mass is 376 g/mol. The number of benzene rings is 1. The summed E-state index contributed by atoms with van der Waals surface area (Å²) in [6.45, 7) is 14.3. The summed E-state index contributed by atoms with van der Waals surface area (Å²) < 4.78 is 5.39. The van der Waals surface area contributed by atoms with Crippen LogP contribution in [0.1, 0.15) is 17.5 Å². The van der Waals surface area contributed by atoms with Crippen molar-refractivity contribution in [3.8, 4) is 0 Å². The van der Waals surface area contributed by atoms with Crippen LogP contribution in [0.3, 0.4) is 0 Å². The minimum atomic E-state index is 0.872. The van der Waals surface area contributed by atoms with Crippen molar-refractivity contribution in [1.82, 2.24) is 15.1 Å². The summed E-state index contributed by atoms with van der Waals surface area (Å²) in [4.78, 5) is 7.27. The summed E-state index contributed by atoms with van der Waals surface area (Å²) in [5.74, 6) is 0. The van der Waals surface area contributed by atoms with E-state index in [2.05, 4.69) is 52.1 Å². The average molecular weight is 377 g/mol. The fourth-order valence-corrected chi connectivity index (χ4v) is 3.93. The van der Waals surface area contributed by atoms with Crippen LogP contribution in [-0.2, 0) is 4.74 Å². The summed E-state index contributed by atoms with van der Waals surface area (Å²) >= 11 is 5.61. The molecule has 0 radical (unpaired) electrons. The van der Waals surface area contributed by atoms with Gasteiger partial charge in [-0.15, -0.1) is 0 Å². The molecule has 1 aromatic carbocycles. The van der Waals surface area contributed by atoms with E-state index in [4.69, 9.17) is 17.0 Å². The van der Waals surface area contributed by atoms with Gasteiger partial charge in [0, 0.05) is 51.5 Å². The standard InChI is InChI=1S/C20H32N4OS/c1-17-4-5-18(2)19(16-17)23-8-10-24(11-9-23)20(26)21-6-3-7-22-12-14-25-15-13-22/h4-5,16H,3,6-15H2,1-2H3,(H,21,26). The zero-order valence-electron chi connectivity index (χ0n) is 16.2. The number of nitrogens with one attached hydrogen (secondary N) is 1. The Balaban J connectivity index is 1.37. The first-order valence-electron chi connectivity index (χ1n) is 9.78. The van der Waals surface area contributed by atoms with E-state index >= 15 is 0 Å². The Morgan fingerprint density at radius 1 is 1.08 bits per heavy atom. The van der Waals surface area contributed by atoms with E-state index in [-0.39, 0.29) is 0 Å². The van der Waals surface area contributed by atoms with Crippen LogP contribution in [0.5, 0.6) is 0 Å². The highest BCUT2D eigenvalue weighted by molar-refractivity contribution is 7.80. The summed E-state index contributed by atoms with van der Waals surface area (Å²) in [5, 5.41) is 4.36. The fraction of sp³-hybridized carbons (Fsp3) is 0.650. The molecule has 2 aliphatic rings. The van der Waals surface area contributed by atoms with Crippen molar-refractivity contribution in [3.63, 3.8) is 0 Å². The fourth-order valence-electron chi connectivity index (χ4n) is 3.65. The molecular formula is C20H32N4OS. The molecule has 1 N–H and O–H groups in total. The van der Waals surface area contributed by atoms with Crippen LogP contribution in [0.15, 0.2) is 18.2 Å². The van der Waals surface area contributed by atoms with Crippen LogP contribution in [-0.4, -0.2) is 80.5 Å². The number of rotatable bonds is 5. The Morgan fingerprint density at radius 3 is 2.54 bits per heavy atom. The van der Waals surface area contributed by atoms with Crippen LogP contribution < -0.4 is 10.2 Å². The van der Waals surface area contributed by atoms with Crippen LogP contribution >= 0.6 is 12.2 Å². The van der Waals surface area contributed by atoms with E-state index in [0.29, 0.717) is 0 Å². The molecule has 3 rings (SSSR count). The molecule has 0 spiro atoms. The Bertz CT molecular complexity index is 595. The van der Waals surface area contributed by atoms with Crippen LogP contribution in [0.25, 0.3) is 0 Å². The van der Waals surface area contributed by atoms with Crippen molar-refractivity contribution in [1.29, 1.82) is 0 Å². The lowest BCUT2D eigenvalue weighted by atomic mass is 10.1. The number of ether oxygens (including phenoxy) is 1. The predicted molar refractivity (Wildman–Crippen MR) is 112 cm³/mol. The molecule has 0 atom stereocenters. The normalized spacial score (nSPS) is 18.8. The number of hydrogen-bond acceptors (Lipinski definition) is 4. The third-order valence-electron chi connectivity index (χ3n) is 5.30. The molecule has 0 aliphatic carbocycles. The van der Waals surface area contributed by atoms with Crippen molar-refractivity contribution in [3.05, 3.63) is 29.3 Å². The Kier molecular flexibility index (Phi) is 7.11. The summed E-state index contributed by atoms with van der Waals surface area (Å²) in [7, 11) is 0. The molecule has 6 heteroatoms. The smallest absolute Gasteiger partial charge is 0.169 e. The lowest BCUT2D eigenvalue weighted by Gasteiger charge is -2.38. The van der Waals surface area contributed by atoms with Gasteiger partial charge in [-0.05, 0) is 56.2 Å². The number of thiocarbonyl (C=S) groups is 1. The van der Waals surface area contributed by atoms with Gasteiger partial charge in [-0.2, -0.15) is 0 Å². The molecule has 0 amide bonds. The van der Waals surface area contributed by atoms with Gasteiger partial charge < -0.3 is 19.9 Å². The highest BCUT2D eigenvalue weighted by atomic mass is 32.1. The van der Waals surface area contributed by atoms with E-state index in [1.807, 2.05) is 0 Å². The van der Waals surface area contributed by atoms with Gasteiger partial charge >= 0.3 is 0 Å². The highest BCUT2D eigenvalue weighted by Crippen LogP contribution is 2.22. The Labute approximate surface area is 163 Å². The first-order valence-corrected chi connectivity index (χ1v) is 10.2. The first kappa shape index (κ1) is 19.4. The van der Waals surface area contributed by atoms with Crippen molar-refractivity contribution in [2.75, 3.05) is 70.5 Å². The quantitative estimate of drug-likeness (QED) is 0.625. The van der Waals surface area contributed by atoms with Crippen molar-refractivity contribution in [2.24, 2.45) is 0 Å². The third kappa shape index (κ3) is 5.32. The molecule has 0 saturated carbocycles. The summed E-state index contributed by atoms with van der Waals surface area (Å²) in [6.07, 6.45) is 1.13. The molecule has 144 valence electrons. The molecule has 0 unspecified atom stereocenters. The maximum Gasteiger partial charge on any atom is 0.169 e. The molecule has 1 aromatic rings. The van der Waals surface area contributed by atoms with Gasteiger partial charge in [0.15, 0.2) is 5.11 Å². The second-order valence-electron chi connectivity index (χ2n) is 7.30. The molecule has 2 saturated heterocycles. The maximum atomic E-state index is 5.61. The van der Waals surface area contributed by atoms with Gasteiger partial charge in [0.25, 0.3) is 0 Å². The highest BCUT2D eigenvalue weighted by Gasteiger charge is 2.20. The predicted octanol–water partition coefficient (Wildman–Crippen LogP) is 2.02. The zero-order chi connectivity index (χ0) is 18.4. The van der Waals surface area contributed by atoms with Crippen molar-refractivity contribution in [2.45, 2.75) is 20.3 Å². The first-order chi connectivity index (χ1) is 12.6. The number of piperazine rings is 1. The lowest BCUT2D eigenvalue weighted by Crippen LogP contribution is -2.52. The van der Waals surface area contributed by atoms with Gasteiger partial charge in [-0.25, -0.2) is 0 Å². The zero-order valence-corrected chi connectivity index (χ0v) is 17.0. The van der Waals surface area contributed by atoms with Crippen LogP contribution in [0.2, 0.25) is 0 Å². The van der Waals surface area contributed by atoms with Crippen LogP contribution in [0.4, 0.5) is 5.69 Å². The van der Waals surface area contributed by atoms with E-state index in [9.17, 15) is 0 Å². The number of nitrogens with zero attached hydrogens (tertiary/aromatic N) is 3. The largest absolute Gasteiger partial charge is 0.379 e. The van der Waals surface area contributed by atoms with Gasteiger partial charge in [-0.3, -0.25) is 4.90 Å². The number of morpholine rings is 1. The van der Waals surface area contributed by atoms with Gasteiger partial charge in [-0.1, -0.05) is 12.1 Å². The summed E-state index contributed by atoms with van der Waals surface area (Å²) in [5.41, 5.74) is 4.05. The lowest BCUT2D eigenvalue weighted by molar-refractivity contribution is 0.0376. The topological polar surface area (TPSA) is 31.0 Å². The third-order valence-corrected chi connectivity index (χ3v) is 5.71. The number of hydrogen-bond donors (Lipinski definition) is 1. The molecule has 5 nitrogen and oxygen atoms in total. The van der Waals surface area contributed by atoms with Crippen LogP contribution in [0, 0.1) is 13.8 Å². The number of anilines is 1. The molecule has 2 fully saturated rings. The maximum absolute atomic E-state index is 5.61. The van der Waals surface area contributed by atoms with E-state index in [1.54, 1.807) is 0 Å². The minimum Gasteiger partial charge on any atom is -0.379 e. The second kappa shape index (κ2) is 9.53. The number of aryl methyl sites for hydroxylation is 2. The van der Waals surface area contributed by atoms with E-state index < -0.39 is 0 Å². The van der Waals surface area contributed by atoms with Gasteiger partial charge in [0.1, 0.15) is 0 Å². The van der Waals surface area contributed by atoms with Crippen molar-refractivity contribution >= 4 is 23.0 Å². The van der Waals surface area contributed by atoms with E-state index in [1.165, 1.54) is 16.8 Å². The average Bonchev–Trinajstić information content (AvgIpc) is 2.68. The summed E-state index contributed by atoms with van der Waals surface area (Å²) in [6, 6.07) is 6.70. The minimum absolute atomic E-state index is 0.872. The molecule has 2 aliphatic heterocycles. The van der Waals surface area contributed by atoms with E-state index in [0.717, 1.165) is 77.1 Å².